The number of hydrogen-bond acceptors (Lipinski definition) is 6. The molecule has 1 aliphatic carbocycles. The number of amides is 1. The van der Waals surface area contributed by atoms with Crippen molar-refractivity contribution >= 4 is 28.3 Å². The number of carbonyl (C=O) groups is 1. The molecule has 0 radical (unpaired) electrons. The fourth-order valence-electron chi connectivity index (χ4n) is 5.17. The van der Waals surface area contributed by atoms with E-state index in [0.29, 0.717) is 39.5 Å². The molecule has 0 unspecified atom stereocenters. The van der Waals surface area contributed by atoms with Crippen LogP contribution >= 0.6 is 0 Å². The fourth-order valence-corrected chi connectivity index (χ4v) is 5.17. The second-order valence-corrected chi connectivity index (χ2v) is 9.74. The molecule has 0 saturated heterocycles. The van der Waals surface area contributed by atoms with Crippen molar-refractivity contribution in [2.24, 2.45) is 5.92 Å². The molecule has 1 fully saturated rings. The van der Waals surface area contributed by atoms with Gasteiger partial charge in [0.25, 0.3) is 11.5 Å². The summed E-state index contributed by atoms with van der Waals surface area (Å²) in [6.07, 6.45) is 7.82. The van der Waals surface area contributed by atoms with E-state index in [2.05, 4.69) is 27.2 Å². The summed E-state index contributed by atoms with van der Waals surface area (Å²) in [6.45, 7) is 1.78. The number of fused-ring (bicyclic) bond motifs is 2. The highest BCUT2D eigenvalue weighted by molar-refractivity contribution is 6.04. The Kier molecular flexibility index (Phi) is 6.29. The van der Waals surface area contributed by atoms with Crippen LogP contribution in [0.25, 0.3) is 22.2 Å². The molecule has 194 valence electrons. The summed E-state index contributed by atoms with van der Waals surface area (Å²) >= 11 is 0. The first kappa shape index (κ1) is 24.4. The average molecular weight is 518 g/mol. The quantitative estimate of drug-likeness (QED) is 0.347. The minimum Gasteiger partial charge on any atom is -0.381 e. The predicted octanol–water partition coefficient (Wildman–Crippen LogP) is 4.04. The van der Waals surface area contributed by atoms with Gasteiger partial charge in [0.05, 0.1) is 22.6 Å². The molecule has 3 N–H and O–H groups in total. The van der Waals surface area contributed by atoms with Crippen LogP contribution in [0.1, 0.15) is 60.4 Å². The van der Waals surface area contributed by atoms with E-state index < -0.39 is 11.9 Å². The van der Waals surface area contributed by atoms with Crippen LogP contribution in [0.2, 0.25) is 0 Å². The first-order chi connectivity index (χ1) is 19.0. The number of aromatic nitrogens is 5. The molecule has 0 spiro atoms. The molecule has 0 bridgehead atoms. The van der Waals surface area contributed by atoms with E-state index in [4.69, 9.17) is 10.7 Å². The molecule has 3 heterocycles. The smallest absolute Gasteiger partial charge is 0.267 e. The van der Waals surface area contributed by atoms with Gasteiger partial charge in [-0.2, -0.15) is 0 Å². The molecular weight excluding hydrogens is 490 g/mol. The first-order valence-electron chi connectivity index (χ1n) is 13.0. The molecule has 0 aliphatic heterocycles. The van der Waals surface area contributed by atoms with Gasteiger partial charge in [-0.3, -0.25) is 14.2 Å². The van der Waals surface area contributed by atoms with Gasteiger partial charge < -0.3 is 11.1 Å². The van der Waals surface area contributed by atoms with Crippen LogP contribution in [0, 0.1) is 17.8 Å². The van der Waals surface area contributed by atoms with Crippen LogP contribution in [0.3, 0.4) is 0 Å². The normalized spacial score (nSPS) is 14.3. The molecule has 3 aromatic heterocycles. The van der Waals surface area contributed by atoms with Gasteiger partial charge >= 0.3 is 0 Å². The second-order valence-electron chi connectivity index (χ2n) is 9.74. The van der Waals surface area contributed by atoms with Gasteiger partial charge in [0.2, 0.25) is 0 Å². The Hall–Kier alpha value is -4.97. The van der Waals surface area contributed by atoms with E-state index in [1.54, 1.807) is 36.0 Å². The van der Waals surface area contributed by atoms with E-state index in [9.17, 15) is 9.59 Å². The Balaban J connectivity index is 1.46. The number of para-hydroxylation sites is 1. The maximum Gasteiger partial charge on any atom is 0.267 e. The minimum atomic E-state index is -0.652. The largest absolute Gasteiger partial charge is 0.381 e. The van der Waals surface area contributed by atoms with Gasteiger partial charge in [0.1, 0.15) is 11.4 Å². The van der Waals surface area contributed by atoms with Crippen LogP contribution in [-0.4, -0.2) is 30.1 Å². The van der Waals surface area contributed by atoms with Crippen LogP contribution in [0.5, 0.6) is 0 Å². The van der Waals surface area contributed by atoms with Crippen LogP contribution in [-0.2, 0) is 0 Å². The first-order valence-corrected chi connectivity index (χ1v) is 13.0. The van der Waals surface area contributed by atoms with Gasteiger partial charge in [0, 0.05) is 23.9 Å². The lowest BCUT2D eigenvalue weighted by atomic mass is 10.1. The molecule has 5 aromatic rings. The zero-order valence-corrected chi connectivity index (χ0v) is 21.5. The molecule has 9 nitrogen and oxygen atoms in total. The van der Waals surface area contributed by atoms with Crippen LogP contribution in [0.4, 0.5) is 5.82 Å². The molecule has 1 amide bonds. The zero-order chi connectivity index (χ0) is 26.9. The molecule has 9 heteroatoms. The lowest BCUT2D eigenvalue weighted by molar-refractivity contribution is 0.0940. The third-order valence-electron chi connectivity index (χ3n) is 7.09. The van der Waals surface area contributed by atoms with Crippen molar-refractivity contribution in [3.05, 3.63) is 94.3 Å². The summed E-state index contributed by atoms with van der Waals surface area (Å²) < 4.78 is 3.00. The van der Waals surface area contributed by atoms with Crippen molar-refractivity contribution in [1.82, 2.24) is 29.5 Å². The van der Waals surface area contributed by atoms with Crippen molar-refractivity contribution in [2.45, 2.75) is 38.6 Å². The number of hydrogen-bond donors (Lipinski definition) is 2. The number of nitrogen functional groups attached to an aromatic ring is 1. The minimum absolute atomic E-state index is 0.0656. The zero-order valence-electron chi connectivity index (χ0n) is 21.5. The molecule has 39 heavy (non-hydrogen) atoms. The molecule has 2 aromatic carbocycles. The number of benzene rings is 2. The highest BCUT2D eigenvalue weighted by Gasteiger charge is 2.25. The van der Waals surface area contributed by atoms with E-state index in [1.807, 2.05) is 42.5 Å². The number of nitrogens with zero attached hydrogens (tertiary/aromatic N) is 5. The molecule has 6 rings (SSSR count). The Bertz CT molecular complexity index is 1820. The van der Waals surface area contributed by atoms with Crippen molar-refractivity contribution in [2.75, 3.05) is 5.73 Å². The van der Waals surface area contributed by atoms with Crippen LogP contribution < -0.4 is 16.6 Å². The Morgan fingerprint density at radius 1 is 1.10 bits per heavy atom. The Morgan fingerprint density at radius 3 is 2.69 bits per heavy atom. The SMILES string of the molecule is C[C@H](NC(=O)c1c(N)nn2cccnc12)c1nc2cccc(C#CC3CCCC3)c2c(=O)n1-c1ccccc1. The monoisotopic (exact) mass is 517 g/mol. The van der Waals surface area contributed by atoms with Crippen molar-refractivity contribution in [3.8, 4) is 17.5 Å². The maximum atomic E-state index is 14.1. The van der Waals surface area contributed by atoms with Gasteiger partial charge in [0.15, 0.2) is 11.5 Å². The van der Waals surface area contributed by atoms with Gasteiger partial charge in [-0.25, -0.2) is 14.5 Å². The summed E-state index contributed by atoms with van der Waals surface area (Å²) in [5, 5.41) is 7.59. The molecular formula is C30H27N7O2. The summed E-state index contributed by atoms with van der Waals surface area (Å²) in [5.74, 6) is 6.99. The van der Waals surface area contributed by atoms with E-state index in [-0.39, 0.29) is 16.9 Å². The molecule has 1 saturated carbocycles. The maximum absolute atomic E-state index is 14.1. The van der Waals surface area contributed by atoms with E-state index in [1.165, 1.54) is 17.4 Å². The lowest BCUT2D eigenvalue weighted by Gasteiger charge is -2.20. The number of nitrogens with one attached hydrogen (secondary N) is 1. The molecule has 1 aliphatic rings. The van der Waals surface area contributed by atoms with E-state index >= 15 is 0 Å². The fraction of sp³-hybridized carbons (Fsp3) is 0.233. The number of nitrogens with two attached hydrogens (primary N) is 1. The van der Waals surface area contributed by atoms with E-state index in [0.717, 1.165) is 12.8 Å². The average Bonchev–Trinajstić information content (AvgIpc) is 3.59. The summed E-state index contributed by atoms with van der Waals surface area (Å²) in [5.41, 5.74) is 8.17. The third-order valence-corrected chi connectivity index (χ3v) is 7.09. The van der Waals surface area contributed by atoms with Gasteiger partial charge in [-0.15, -0.1) is 5.10 Å². The highest BCUT2D eigenvalue weighted by atomic mass is 16.2. The highest BCUT2D eigenvalue weighted by Crippen LogP contribution is 2.25. The summed E-state index contributed by atoms with van der Waals surface area (Å²) in [4.78, 5) is 36.6. The Morgan fingerprint density at radius 2 is 1.90 bits per heavy atom. The van der Waals surface area contributed by atoms with Crippen molar-refractivity contribution in [3.63, 3.8) is 0 Å². The topological polar surface area (TPSA) is 120 Å². The van der Waals surface area contributed by atoms with Crippen LogP contribution in [0.15, 0.2) is 71.8 Å². The van der Waals surface area contributed by atoms with Crippen molar-refractivity contribution < 1.29 is 4.79 Å². The third kappa shape index (κ3) is 4.50. The standard InChI is InChI=1S/C30H27N7O2/c1-19(33-29(38)25-26(31)35-36-18-8-17-32-28(25)36)27-34-23-14-7-11-21(16-15-20-9-5-6-10-20)24(23)30(39)37(27)22-12-3-2-4-13-22/h2-4,7-8,11-14,17-20H,5-6,9-10H2,1H3,(H2,31,35)(H,33,38)/t19-/m0/s1. The second kappa shape index (κ2) is 10.1. The van der Waals surface area contributed by atoms with Crippen molar-refractivity contribution in [1.29, 1.82) is 0 Å². The predicted molar refractivity (Wildman–Crippen MR) is 149 cm³/mol. The lowest BCUT2D eigenvalue weighted by Crippen LogP contribution is -2.33. The number of anilines is 1. The summed E-state index contributed by atoms with van der Waals surface area (Å²) in [6, 6.07) is 15.9. The number of rotatable bonds is 4. The molecule has 1 atom stereocenters. The van der Waals surface area contributed by atoms with Gasteiger partial charge in [-0.05, 0) is 50.1 Å². The number of carbonyl (C=O) groups excluding carboxylic acids is 1. The summed E-state index contributed by atoms with van der Waals surface area (Å²) in [7, 11) is 0. The van der Waals surface area contributed by atoms with Gasteiger partial charge in [-0.1, -0.05) is 48.9 Å². The Labute approximate surface area is 224 Å².